The first kappa shape index (κ1) is 14.2. The van der Waals surface area contributed by atoms with Crippen molar-refractivity contribution in [2.45, 2.75) is 51.1 Å². The van der Waals surface area contributed by atoms with Crippen molar-refractivity contribution in [3.05, 3.63) is 21.9 Å². The van der Waals surface area contributed by atoms with Crippen molar-refractivity contribution in [2.75, 3.05) is 13.1 Å². The number of carbonyl (C=O) groups is 2. The summed E-state index contributed by atoms with van der Waals surface area (Å²) in [6.07, 6.45) is 6.07. The molecular weight excluding hydrogens is 296 g/mol. The van der Waals surface area contributed by atoms with Crippen LogP contribution in [0.5, 0.6) is 0 Å². The monoisotopic (exact) mass is 318 g/mol. The highest BCUT2D eigenvalue weighted by Crippen LogP contribution is 2.31. The number of amides is 2. The van der Waals surface area contributed by atoms with Crippen molar-refractivity contribution < 1.29 is 9.59 Å². The molecule has 1 saturated heterocycles. The number of thiophene rings is 1. The zero-order chi connectivity index (χ0) is 15.1. The molecule has 22 heavy (non-hydrogen) atoms. The molecule has 0 bridgehead atoms. The Kier molecular flexibility index (Phi) is 3.68. The Morgan fingerprint density at radius 3 is 2.91 bits per heavy atom. The summed E-state index contributed by atoms with van der Waals surface area (Å²) in [5, 5.41) is 2.11. The number of rotatable bonds is 2. The Bertz CT molecular complexity index is 591. The van der Waals surface area contributed by atoms with Crippen LogP contribution in [0.25, 0.3) is 0 Å². The molecular formula is C17H22N2O2S. The molecule has 0 spiro atoms. The van der Waals surface area contributed by atoms with Crippen molar-refractivity contribution >= 4 is 23.2 Å². The normalized spacial score (nSPS) is 25.8. The summed E-state index contributed by atoms with van der Waals surface area (Å²) >= 11 is 1.79. The lowest BCUT2D eigenvalue weighted by Crippen LogP contribution is -2.41. The summed E-state index contributed by atoms with van der Waals surface area (Å²) in [4.78, 5) is 30.4. The second kappa shape index (κ2) is 5.69. The first-order valence-corrected chi connectivity index (χ1v) is 9.24. The van der Waals surface area contributed by atoms with Crippen LogP contribution in [-0.2, 0) is 22.6 Å². The highest BCUT2D eigenvalue weighted by molar-refractivity contribution is 7.10. The fourth-order valence-corrected chi connectivity index (χ4v) is 5.05. The number of carbonyl (C=O) groups excluding carboxylic acids is 2. The molecule has 2 aliphatic heterocycles. The van der Waals surface area contributed by atoms with Crippen LogP contribution in [-0.4, -0.2) is 40.7 Å². The molecule has 2 amide bonds. The quantitative estimate of drug-likeness (QED) is 0.840. The average Bonchev–Trinajstić information content (AvgIpc) is 3.25. The maximum atomic E-state index is 12.8. The minimum absolute atomic E-state index is 0.117. The van der Waals surface area contributed by atoms with Crippen LogP contribution in [0.15, 0.2) is 11.4 Å². The number of likely N-dealkylation sites (tertiary alicyclic amines) is 1. The van der Waals surface area contributed by atoms with Crippen LogP contribution in [0.1, 0.15) is 42.5 Å². The van der Waals surface area contributed by atoms with Crippen molar-refractivity contribution in [2.24, 2.45) is 5.92 Å². The van der Waals surface area contributed by atoms with Gasteiger partial charge in [0.1, 0.15) is 0 Å². The van der Waals surface area contributed by atoms with E-state index < -0.39 is 0 Å². The molecule has 2 fully saturated rings. The van der Waals surface area contributed by atoms with Crippen LogP contribution in [0.2, 0.25) is 0 Å². The van der Waals surface area contributed by atoms with Gasteiger partial charge in [0.15, 0.2) is 0 Å². The van der Waals surface area contributed by atoms with E-state index in [4.69, 9.17) is 0 Å². The van der Waals surface area contributed by atoms with E-state index in [-0.39, 0.29) is 17.7 Å². The van der Waals surface area contributed by atoms with Gasteiger partial charge in [-0.1, -0.05) is 12.8 Å². The van der Waals surface area contributed by atoms with Gasteiger partial charge in [0.2, 0.25) is 11.8 Å². The SMILES string of the molecule is O=C([C@H]1CC(=O)N(C2CCCC2)C1)N1CCc2sccc2C1. The van der Waals surface area contributed by atoms with E-state index in [0.29, 0.717) is 19.0 Å². The number of hydrogen-bond donors (Lipinski definition) is 0. The van der Waals surface area contributed by atoms with Crippen LogP contribution in [0, 0.1) is 5.92 Å². The summed E-state index contributed by atoms with van der Waals surface area (Å²) in [7, 11) is 0. The molecule has 5 heteroatoms. The fraction of sp³-hybridized carbons (Fsp3) is 0.647. The van der Waals surface area contributed by atoms with Crippen molar-refractivity contribution in [1.29, 1.82) is 0 Å². The Morgan fingerprint density at radius 2 is 2.09 bits per heavy atom. The van der Waals surface area contributed by atoms with Crippen LogP contribution in [0.4, 0.5) is 0 Å². The molecule has 0 radical (unpaired) electrons. The van der Waals surface area contributed by atoms with Crippen molar-refractivity contribution in [3.8, 4) is 0 Å². The van der Waals surface area contributed by atoms with Crippen LogP contribution >= 0.6 is 11.3 Å². The first-order valence-electron chi connectivity index (χ1n) is 8.36. The molecule has 1 aromatic heterocycles. The van der Waals surface area contributed by atoms with Gasteiger partial charge in [0.05, 0.1) is 5.92 Å². The highest BCUT2D eigenvalue weighted by Gasteiger charge is 2.40. The summed E-state index contributed by atoms with van der Waals surface area (Å²) in [6, 6.07) is 2.53. The second-order valence-corrected chi connectivity index (χ2v) is 7.76. The maximum Gasteiger partial charge on any atom is 0.228 e. The van der Waals surface area contributed by atoms with Gasteiger partial charge in [-0.3, -0.25) is 9.59 Å². The molecule has 3 aliphatic rings. The lowest BCUT2D eigenvalue weighted by Gasteiger charge is -2.29. The minimum atomic E-state index is -0.117. The van der Waals surface area contributed by atoms with Gasteiger partial charge in [-0.15, -0.1) is 11.3 Å². The van der Waals surface area contributed by atoms with E-state index in [1.807, 2.05) is 9.80 Å². The lowest BCUT2D eigenvalue weighted by molar-refractivity contribution is -0.136. The zero-order valence-corrected chi connectivity index (χ0v) is 13.6. The fourth-order valence-electron chi connectivity index (χ4n) is 4.16. The van der Waals surface area contributed by atoms with Gasteiger partial charge >= 0.3 is 0 Å². The molecule has 1 atom stereocenters. The molecule has 0 aromatic carbocycles. The van der Waals surface area contributed by atoms with E-state index in [9.17, 15) is 9.59 Å². The number of hydrogen-bond acceptors (Lipinski definition) is 3. The molecule has 3 heterocycles. The third-order valence-electron chi connectivity index (χ3n) is 5.39. The zero-order valence-electron chi connectivity index (χ0n) is 12.8. The van der Waals surface area contributed by atoms with Gasteiger partial charge in [0.25, 0.3) is 0 Å². The first-order chi connectivity index (χ1) is 10.7. The predicted octanol–water partition coefficient (Wildman–Crippen LogP) is 2.42. The summed E-state index contributed by atoms with van der Waals surface area (Å²) in [5.74, 6) is 0.262. The molecule has 118 valence electrons. The Labute approximate surface area is 135 Å². The molecule has 4 rings (SSSR count). The number of fused-ring (bicyclic) bond motifs is 1. The minimum Gasteiger partial charge on any atom is -0.339 e. The van der Waals surface area contributed by atoms with Crippen LogP contribution in [0.3, 0.4) is 0 Å². The lowest BCUT2D eigenvalue weighted by atomic mass is 10.0. The number of nitrogens with zero attached hydrogens (tertiary/aromatic N) is 2. The Hall–Kier alpha value is -1.36. The van der Waals surface area contributed by atoms with E-state index in [1.165, 1.54) is 23.3 Å². The molecule has 0 N–H and O–H groups in total. The van der Waals surface area contributed by atoms with Gasteiger partial charge in [0, 0.05) is 37.0 Å². The highest BCUT2D eigenvalue weighted by atomic mass is 32.1. The molecule has 1 aromatic rings. The molecule has 1 aliphatic carbocycles. The third kappa shape index (κ3) is 2.45. The largest absolute Gasteiger partial charge is 0.339 e. The smallest absolute Gasteiger partial charge is 0.228 e. The molecule has 1 saturated carbocycles. The van der Waals surface area contributed by atoms with Gasteiger partial charge in [-0.25, -0.2) is 0 Å². The van der Waals surface area contributed by atoms with Crippen molar-refractivity contribution in [3.63, 3.8) is 0 Å². The average molecular weight is 318 g/mol. The van der Waals surface area contributed by atoms with E-state index in [2.05, 4.69) is 11.4 Å². The maximum absolute atomic E-state index is 12.8. The molecule has 4 nitrogen and oxygen atoms in total. The second-order valence-electron chi connectivity index (χ2n) is 6.76. The summed E-state index contributed by atoms with van der Waals surface area (Å²) < 4.78 is 0. The topological polar surface area (TPSA) is 40.6 Å². The summed E-state index contributed by atoms with van der Waals surface area (Å²) in [6.45, 7) is 2.18. The van der Waals surface area contributed by atoms with Gasteiger partial charge < -0.3 is 9.80 Å². The Balaban J connectivity index is 1.42. The Morgan fingerprint density at radius 1 is 1.27 bits per heavy atom. The molecule has 0 unspecified atom stereocenters. The van der Waals surface area contributed by atoms with E-state index in [1.54, 1.807) is 11.3 Å². The predicted molar refractivity (Wildman–Crippen MR) is 85.5 cm³/mol. The third-order valence-corrected chi connectivity index (χ3v) is 6.42. The van der Waals surface area contributed by atoms with Crippen molar-refractivity contribution in [1.82, 2.24) is 9.80 Å². The van der Waals surface area contributed by atoms with E-state index >= 15 is 0 Å². The van der Waals surface area contributed by atoms with Gasteiger partial charge in [-0.05, 0) is 36.3 Å². The van der Waals surface area contributed by atoms with E-state index in [0.717, 1.165) is 32.4 Å². The summed E-state index contributed by atoms with van der Waals surface area (Å²) in [5.41, 5.74) is 1.29. The standard InChI is InChI=1S/C17H22N2O2S/c20-16-9-13(11-19(16)14-3-1-2-4-14)17(21)18-7-5-15-12(10-18)6-8-22-15/h6,8,13-14H,1-5,7,9-11H2/t13-/m0/s1. The van der Waals surface area contributed by atoms with Gasteiger partial charge in [-0.2, -0.15) is 0 Å². The van der Waals surface area contributed by atoms with Crippen LogP contribution < -0.4 is 0 Å².